The summed E-state index contributed by atoms with van der Waals surface area (Å²) in [6, 6.07) is 7.41. The van der Waals surface area contributed by atoms with Crippen LogP contribution in [0.15, 0.2) is 41.8 Å². The summed E-state index contributed by atoms with van der Waals surface area (Å²) in [5.41, 5.74) is 1.13. The van der Waals surface area contributed by atoms with E-state index in [1.807, 2.05) is 18.2 Å². The van der Waals surface area contributed by atoms with E-state index in [1.54, 1.807) is 12.1 Å². The van der Waals surface area contributed by atoms with Gasteiger partial charge in [0.2, 0.25) is 0 Å². The third-order valence-corrected chi connectivity index (χ3v) is 4.14. The number of rotatable bonds is 8. The Hall–Kier alpha value is -1.13. The largest absolute Gasteiger partial charge is 0.310 e. The van der Waals surface area contributed by atoms with Gasteiger partial charge in [0.15, 0.2) is 9.84 Å². The monoisotopic (exact) mass is 281 g/mol. The molecule has 106 valence electrons. The standard InChI is InChI=1S/C15H23NO2S/c1-4-6-7-15(16-12-5-2)13-8-10-14(11-9-13)19(3,17)18/h4,8-11,15-16H,1,5-7,12H2,2-3H3. The molecule has 0 fully saturated rings. The molecule has 0 aliphatic heterocycles. The van der Waals surface area contributed by atoms with Gasteiger partial charge in [0.25, 0.3) is 0 Å². The highest BCUT2D eigenvalue weighted by Crippen LogP contribution is 2.20. The van der Waals surface area contributed by atoms with Crippen LogP contribution in [0.2, 0.25) is 0 Å². The Morgan fingerprint density at radius 1 is 1.32 bits per heavy atom. The van der Waals surface area contributed by atoms with Gasteiger partial charge in [-0.1, -0.05) is 25.1 Å². The molecule has 1 atom stereocenters. The highest BCUT2D eigenvalue weighted by molar-refractivity contribution is 7.90. The van der Waals surface area contributed by atoms with Crippen LogP contribution in [0.25, 0.3) is 0 Å². The van der Waals surface area contributed by atoms with Crippen LogP contribution in [0.5, 0.6) is 0 Å². The zero-order valence-corrected chi connectivity index (χ0v) is 12.5. The molecule has 3 nitrogen and oxygen atoms in total. The Labute approximate surface area is 116 Å². The lowest BCUT2D eigenvalue weighted by Gasteiger charge is -2.18. The highest BCUT2D eigenvalue weighted by Gasteiger charge is 2.12. The van der Waals surface area contributed by atoms with Gasteiger partial charge < -0.3 is 5.32 Å². The van der Waals surface area contributed by atoms with E-state index in [9.17, 15) is 8.42 Å². The smallest absolute Gasteiger partial charge is 0.175 e. The molecule has 0 amide bonds. The fourth-order valence-electron chi connectivity index (χ4n) is 1.94. The summed E-state index contributed by atoms with van der Waals surface area (Å²) in [5.74, 6) is 0. The molecule has 1 aromatic rings. The lowest BCUT2D eigenvalue weighted by Crippen LogP contribution is -2.22. The first-order valence-electron chi connectivity index (χ1n) is 6.63. The molecular formula is C15H23NO2S. The van der Waals surface area contributed by atoms with Crippen LogP contribution < -0.4 is 5.32 Å². The van der Waals surface area contributed by atoms with Crippen LogP contribution in [0.1, 0.15) is 37.8 Å². The SMILES string of the molecule is C=CCCC(NCCC)c1ccc(S(C)(=O)=O)cc1. The number of sulfone groups is 1. The minimum Gasteiger partial charge on any atom is -0.310 e. The molecule has 0 radical (unpaired) electrons. The van der Waals surface area contributed by atoms with Gasteiger partial charge in [0, 0.05) is 12.3 Å². The summed E-state index contributed by atoms with van der Waals surface area (Å²) in [7, 11) is -3.12. The molecule has 1 unspecified atom stereocenters. The molecule has 0 aliphatic rings. The lowest BCUT2D eigenvalue weighted by atomic mass is 10.0. The summed E-state index contributed by atoms with van der Waals surface area (Å²) in [4.78, 5) is 0.370. The first-order valence-corrected chi connectivity index (χ1v) is 8.52. The summed E-state index contributed by atoms with van der Waals surface area (Å²) in [5, 5.41) is 3.48. The van der Waals surface area contributed by atoms with Crippen molar-refractivity contribution in [3.63, 3.8) is 0 Å². The number of benzene rings is 1. The van der Waals surface area contributed by atoms with E-state index < -0.39 is 9.84 Å². The number of hydrogen-bond donors (Lipinski definition) is 1. The fraction of sp³-hybridized carbons (Fsp3) is 0.467. The molecule has 1 rings (SSSR count). The summed E-state index contributed by atoms with van der Waals surface area (Å²) in [6.07, 6.45) is 6.13. The third-order valence-electron chi connectivity index (χ3n) is 3.01. The first kappa shape index (κ1) is 15.9. The van der Waals surface area contributed by atoms with Gasteiger partial charge in [-0.05, 0) is 43.5 Å². The van der Waals surface area contributed by atoms with Crippen molar-refractivity contribution in [3.05, 3.63) is 42.5 Å². The Kier molecular flexibility index (Phi) is 6.25. The molecule has 0 aromatic heterocycles. The number of nitrogens with one attached hydrogen (secondary N) is 1. The topological polar surface area (TPSA) is 46.2 Å². The van der Waals surface area contributed by atoms with Crippen LogP contribution in [0.3, 0.4) is 0 Å². The van der Waals surface area contributed by atoms with Crippen LogP contribution in [0.4, 0.5) is 0 Å². The van der Waals surface area contributed by atoms with Gasteiger partial charge in [0.05, 0.1) is 4.90 Å². The van der Waals surface area contributed by atoms with E-state index in [4.69, 9.17) is 0 Å². The van der Waals surface area contributed by atoms with Crippen LogP contribution in [-0.2, 0) is 9.84 Å². The van der Waals surface area contributed by atoms with Gasteiger partial charge in [0.1, 0.15) is 0 Å². The molecule has 1 N–H and O–H groups in total. The normalized spacial score (nSPS) is 13.2. The van der Waals surface area contributed by atoms with Crippen molar-refractivity contribution in [2.45, 2.75) is 37.1 Å². The van der Waals surface area contributed by atoms with E-state index >= 15 is 0 Å². The Balaban J connectivity index is 2.86. The minimum atomic E-state index is -3.12. The van der Waals surface area contributed by atoms with Gasteiger partial charge in [-0.25, -0.2) is 8.42 Å². The number of allylic oxidation sites excluding steroid dienone is 1. The van der Waals surface area contributed by atoms with Crippen molar-refractivity contribution in [1.82, 2.24) is 5.32 Å². The Morgan fingerprint density at radius 2 is 1.95 bits per heavy atom. The fourth-order valence-corrected chi connectivity index (χ4v) is 2.57. The van der Waals surface area contributed by atoms with E-state index in [0.717, 1.165) is 31.4 Å². The van der Waals surface area contributed by atoms with Crippen LogP contribution in [-0.4, -0.2) is 21.2 Å². The van der Waals surface area contributed by atoms with Gasteiger partial charge in [-0.15, -0.1) is 6.58 Å². The molecule has 0 bridgehead atoms. The molecule has 0 saturated heterocycles. The zero-order valence-electron chi connectivity index (χ0n) is 11.7. The second kappa shape index (κ2) is 7.46. The summed E-state index contributed by atoms with van der Waals surface area (Å²) < 4.78 is 22.9. The van der Waals surface area contributed by atoms with Crippen molar-refractivity contribution >= 4 is 9.84 Å². The maximum Gasteiger partial charge on any atom is 0.175 e. The average Bonchev–Trinajstić information content (AvgIpc) is 2.38. The van der Waals surface area contributed by atoms with Crippen LogP contribution >= 0.6 is 0 Å². The molecule has 0 aliphatic carbocycles. The quantitative estimate of drug-likeness (QED) is 0.745. The molecule has 19 heavy (non-hydrogen) atoms. The summed E-state index contributed by atoms with van der Waals surface area (Å²) in [6.45, 7) is 6.83. The molecule has 0 heterocycles. The summed E-state index contributed by atoms with van der Waals surface area (Å²) >= 11 is 0. The van der Waals surface area contributed by atoms with Crippen molar-refractivity contribution < 1.29 is 8.42 Å². The van der Waals surface area contributed by atoms with Crippen molar-refractivity contribution in [2.75, 3.05) is 12.8 Å². The van der Waals surface area contributed by atoms with Crippen molar-refractivity contribution in [3.8, 4) is 0 Å². The first-order chi connectivity index (χ1) is 8.99. The van der Waals surface area contributed by atoms with E-state index in [0.29, 0.717) is 4.90 Å². The molecule has 0 spiro atoms. The highest BCUT2D eigenvalue weighted by atomic mass is 32.2. The molecule has 0 saturated carbocycles. The van der Waals surface area contributed by atoms with E-state index in [2.05, 4.69) is 18.8 Å². The third kappa shape index (κ3) is 5.17. The van der Waals surface area contributed by atoms with Crippen molar-refractivity contribution in [2.24, 2.45) is 0 Å². The van der Waals surface area contributed by atoms with Gasteiger partial charge in [-0.3, -0.25) is 0 Å². The van der Waals surface area contributed by atoms with Crippen molar-refractivity contribution in [1.29, 1.82) is 0 Å². The second-order valence-electron chi connectivity index (χ2n) is 4.71. The van der Waals surface area contributed by atoms with Gasteiger partial charge in [-0.2, -0.15) is 0 Å². The Morgan fingerprint density at radius 3 is 2.42 bits per heavy atom. The molecule has 1 aromatic carbocycles. The molecule has 4 heteroatoms. The average molecular weight is 281 g/mol. The zero-order chi connectivity index (χ0) is 14.3. The molecular weight excluding hydrogens is 258 g/mol. The van der Waals surface area contributed by atoms with E-state index in [1.165, 1.54) is 6.26 Å². The lowest BCUT2D eigenvalue weighted by molar-refractivity contribution is 0.503. The minimum absolute atomic E-state index is 0.256. The second-order valence-corrected chi connectivity index (χ2v) is 6.73. The predicted molar refractivity (Wildman–Crippen MR) is 80.0 cm³/mol. The Bertz CT molecular complexity index is 491. The van der Waals surface area contributed by atoms with Gasteiger partial charge >= 0.3 is 0 Å². The van der Waals surface area contributed by atoms with Crippen LogP contribution in [0, 0.1) is 0 Å². The maximum absolute atomic E-state index is 11.4. The predicted octanol–water partition coefficient (Wildman–Crippen LogP) is 3.10. The number of hydrogen-bond acceptors (Lipinski definition) is 3. The maximum atomic E-state index is 11.4. The van der Waals surface area contributed by atoms with E-state index in [-0.39, 0.29) is 6.04 Å².